The Bertz CT molecular complexity index is 339. The number of carbonyl (C=O) groups is 1. The van der Waals surface area contributed by atoms with Gasteiger partial charge in [-0.25, -0.2) is 4.39 Å². The van der Waals surface area contributed by atoms with Crippen LogP contribution in [-0.4, -0.2) is 19.5 Å². The molecule has 0 fully saturated rings. The van der Waals surface area contributed by atoms with E-state index < -0.39 is 5.82 Å². The van der Waals surface area contributed by atoms with Gasteiger partial charge in [-0.05, 0) is 11.6 Å². The summed E-state index contributed by atoms with van der Waals surface area (Å²) in [6.45, 7) is -0.00798. The molecule has 14 heavy (non-hydrogen) atoms. The molecule has 0 aliphatic carbocycles. The first-order chi connectivity index (χ1) is 6.65. The zero-order valence-electron chi connectivity index (χ0n) is 7.72. The van der Waals surface area contributed by atoms with E-state index >= 15 is 0 Å². The van der Waals surface area contributed by atoms with Crippen molar-refractivity contribution in [1.82, 2.24) is 0 Å². The monoisotopic (exact) mass is 216 g/mol. The minimum Gasteiger partial charge on any atom is -0.377 e. The number of halogens is 2. The Labute approximate surface area is 86.6 Å². The van der Waals surface area contributed by atoms with Crippen LogP contribution in [0.5, 0.6) is 0 Å². The van der Waals surface area contributed by atoms with Crippen LogP contribution in [0.3, 0.4) is 0 Å². The van der Waals surface area contributed by atoms with Gasteiger partial charge in [-0.15, -0.1) is 0 Å². The second kappa shape index (κ2) is 5.08. The largest absolute Gasteiger partial charge is 0.377 e. The summed E-state index contributed by atoms with van der Waals surface area (Å²) in [5.41, 5.74) is 0.305. The minimum atomic E-state index is -0.529. The zero-order valence-corrected chi connectivity index (χ0v) is 8.47. The van der Waals surface area contributed by atoms with Crippen molar-refractivity contribution in [2.75, 3.05) is 13.7 Å². The summed E-state index contributed by atoms with van der Waals surface area (Å²) in [7, 11) is 1.42. The molecule has 4 heteroatoms. The molecule has 0 saturated carbocycles. The van der Waals surface area contributed by atoms with Crippen molar-refractivity contribution >= 4 is 17.4 Å². The third-order valence-electron chi connectivity index (χ3n) is 1.72. The maximum absolute atomic E-state index is 13.3. The average molecular weight is 217 g/mol. The lowest BCUT2D eigenvalue weighted by atomic mass is 10.1. The number of benzene rings is 1. The van der Waals surface area contributed by atoms with Crippen molar-refractivity contribution in [2.45, 2.75) is 6.42 Å². The van der Waals surface area contributed by atoms with Crippen molar-refractivity contribution < 1.29 is 13.9 Å². The summed E-state index contributed by atoms with van der Waals surface area (Å²) in [5.74, 6) is -0.702. The molecule has 0 atom stereocenters. The van der Waals surface area contributed by atoms with Crippen LogP contribution in [0.4, 0.5) is 4.39 Å². The van der Waals surface area contributed by atoms with E-state index in [1.807, 2.05) is 0 Å². The van der Waals surface area contributed by atoms with E-state index in [0.29, 0.717) is 5.56 Å². The lowest BCUT2D eigenvalue weighted by molar-refractivity contribution is -0.122. The molecule has 0 aliphatic rings. The van der Waals surface area contributed by atoms with Gasteiger partial charge < -0.3 is 4.74 Å². The third-order valence-corrected chi connectivity index (χ3v) is 2.02. The Hall–Kier alpha value is -0.930. The van der Waals surface area contributed by atoms with Gasteiger partial charge in [0.25, 0.3) is 0 Å². The Kier molecular flexibility index (Phi) is 4.04. The van der Waals surface area contributed by atoms with Gasteiger partial charge in [0.2, 0.25) is 0 Å². The number of hydrogen-bond acceptors (Lipinski definition) is 2. The van der Waals surface area contributed by atoms with E-state index in [4.69, 9.17) is 11.6 Å². The lowest BCUT2D eigenvalue weighted by Crippen LogP contribution is -2.10. The molecule has 0 spiro atoms. The predicted molar refractivity (Wildman–Crippen MR) is 52.0 cm³/mol. The lowest BCUT2D eigenvalue weighted by Gasteiger charge is -2.03. The fraction of sp³-hybridized carbons (Fsp3) is 0.300. The van der Waals surface area contributed by atoms with Crippen LogP contribution < -0.4 is 0 Å². The zero-order chi connectivity index (χ0) is 10.6. The highest BCUT2D eigenvalue weighted by Crippen LogP contribution is 2.18. The molecule has 0 amide bonds. The first-order valence-electron chi connectivity index (χ1n) is 4.08. The summed E-state index contributed by atoms with van der Waals surface area (Å²) in [5, 5.41) is 0.0349. The molecule has 1 aromatic rings. The Morgan fingerprint density at radius 2 is 2.29 bits per heavy atom. The standard InChI is InChI=1S/C10H10ClFO2/c1-14-6-8(13)5-7-3-2-4-9(11)10(7)12/h2-4H,5-6H2,1H3. The topological polar surface area (TPSA) is 26.3 Å². The van der Waals surface area contributed by atoms with Crippen LogP contribution >= 0.6 is 11.6 Å². The highest BCUT2D eigenvalue weighted by molar-refractivity contribution is 6.30. The second-order valence-corrected chi connectivity index (χ2v) is 3.27. The first-order valence-corrected chi connectivity index (χ1v) is 4.46. The van der Waals surface area contributed by atoms with E-state index in [0.717, 1.165) is 0 Å². The number of Topliss-reactive ketones (excluding diaryl/α,β-unsaturated/α-hetero) is 1. The van der Waals surface area contributed by atoms with Crippen LogP contribution in [-0.2, 0) is 16.0 Å². The molecule has 76 valence electrons. The average Bonchev–Trinajstić information content (AvgIpc) is 2.13. The van der Waals surface area contributed by atoms with Gasteiger partial charge in [0.05, 0.1) is 5.02 Å². The molecule has 0 N–H and O–H groups in total. The minimum absolute atomic E-state index is 0.00798. The molecular weight excluding hydrogens is 207 g/mol. The van der Waals surface area contributed by atoms with Crippen LogP contribution in [0.1, 0.15) is 5.56 Å². The van der Waals surface area contributed by atoms with Gasteiger partial charge in [0.15, 0.2) is 5.78 Å². The van der Waals surface area contributed by atoms with Gasteiger partial charge in [-0.3, -0.25) is 4.79 Å². The highest BCUT2D eigenvalue weighted by atomic mass is 35.5. The van der Waals surface area contributed by atoms with Gasteiger partial charge in [0, 0.05) is 13.5 Å². The molecule has 0 bridgehead atoms. The predicted octanol–water partition coefficient (Wildman–Crippen LogP) is 2.24. The molecule has 1 aromatic carbocycles. The number of ketones is 1. The van der Waals surface area contributed by atoms with Crippen molar-refractivity contribution in [3.05, 3.63) is 34.6 Å². The fourth-order valence-corrected chi connectivity index (χ4v) is 1.30. The number of methoxy groups -OCH3 is 1. The van der Waals surface area contributed by atoms with E-state index in [1.54, 1.807) is 6.07 Å². The van der Waals surface area contributed by atoms with E-state index in [-0.39, 0.29) is 23.8 Å². The molecule has 1 rings (SSSR count). The van der Waals surface area contributed by atoms with Crippen molar-refractivity contribution in [3.8, 4) is 0 Å². The SMILES string of the molecule is COCC(=O)Cc1cccc(Cl)c1F. The van der Waals surface area contributed by atoms with E-state index in [2.05, 4.69) is 4.74 Å². The third kappa shape index (κ3) is 2.79. The van der Waals surface area contributed by atoms with Crippen LogP contribution in [0, 0.1) is 5.82 Å². The summed E-state index contributed by atoms with van der Waals surface area (Å²) >= 11 is 5.56. The quantitative estimate of drug-likeness (QED) is 0.772. The van der Waals surface area contributed by atoms with Gasteiger partial charge in [-0.2, -0.15) is 0 Å². The first kappa shape index (κ1) is 11.1. The maximum atomic E-state index is 13.3. The molecule has 0 heterocycles. The van der Waals surface area contributed by atoms with E-state index in [1.165, 1.54) is 19.2 Å². The highest BCUT2D eigenvalue weighted by Gasteiger charge is 2.10. The molecule has 0 saturated heterocycles. The van der Waals surface area contributed by atoms with Crippen LogP contribution in [0.15, 0.2) is 18.2 Å². The summed E-state index contributed by atoms with van der Waals surface area (Å²) in [6.07, 6.45) is 0.0141. The van der Waals surface area contributed by atoms with Crippen LogP contribution in [0.2, 0.25) is 5.02 Å². The normalized spacial score (nSPS) is 10.2. The Morgan fingerprint density at radius 1 is 1.57 bits per heavy atom. The van der Waals surface area contributed by atoms with Crippen LogP contribution in [0.25, 0.3) is 0 Å². The molecule has 0 aliphatic heterocycles. The van der Waals surface area contributed by atoms with Crippen molar-refractivity contribution in [1.29, 1.82) is 0 Å². The summed E-state index contributed by atoms with van der Waals surface area (Å²) < 4.78 is 17.9. The molecule has 0 aromatic heterocycles. The van der Waals surface area contributed by atoms with E-state index in [9.17, 15) is 9.18 Å². The number of ether oxygens (including phenoxy) is 1. The Morgan fingerprint density at radius 3 is 2.93 bits per heavy atom. The summed E-state index contributed by atoms with van der Waals surface area (Å²) in [4.78, 5) is 11.1. The van der Waals surface area contributed by atoms with Crippen molar-refractivity contribution in [3.63, 3.8) is 0 Å². The Balaban J connectivity index is 2.76. The molecule has 0 radical (unpaired) electrons. The number of hydrogen-bond donors (Lipinski definition) is 0. The van der Waals surface area contributed by atoms with Gasteiger partial charge >= 0.3 is 0 Å². The second-order valence-electron chi connectivity index (χ2n) is 2.86. The molecular formula is C10H10ClFO2. The maximum Gasteiger partial charge on any atom is 0.162 e. The van der Waals surface area contributed by atoms with Crippen molar-refractivity contribution in [2.24, 2.45) is 0 Å². The number of carbonyl (C=O) groups excluding carboxylic acids is 1. The van der Waals surface area contributed by atoms with Gasteiger partial charge in [-0.1, -0.05) is 23.7 Å². The molecule has 2 nitrogen and oxygen atoms in total. The number of rotatable bonds is 4. The smallest absolute Gasteiger partial charge is 0.162 e. The van der Waals surface area contributed by atoms with Gasteiger partial charge in [0.1, 0.15) is 12.4 Å². The summed E-state index contributed by atoms with van der Waals surface area (Å²) in [6, 6.07) is 4.59. The fourth-order valence-electron chi connectivity index (χ4n) is 1.11. The molecule has 0 unspecified atom stereocenters.